The summed E-state index contributed by atoms with van der Waals surface area (Å²) in [4.78, 5) is 2.37. The molecule has 0 amide bonds. The molecule has 0 aliphatic heterocycles. The normalized spacial score (nSPS) is 11.1. The molecule has 18 heavy (non-hydrogen) atoms. The van der Waals surface area contributed by atoms with Gasteiger partial charge < -0.3 is 15.4 Å². The first-order valence-electron chi connectivity index (χ1n) is 6.88. The first-order valence-corrected chi connectivity index (χ1v) is 6.88. The molecule has 2 N–H and O–H groups in total. The van der Waals surface area contributed by atoms with Gasteiger partial charge in [0.1, 0.15) is 0 Å². The first-order chi connectivity index (χ1) is 8.80. The third kappa shape index (κ3) is 5.63. The monoisotopic (exact) mass is 250 g/mol. The van der Waals surface area contributed by atoms with E-state index in [2.05, 4.69) is 43.0 Å². The number of nitrogens with zero attached hydrogens (tertiary/aromatic N) is 1. The van der Waals surface area contributed by atoms with Crippen LogP contribution in [0.3, 0.4) is 0 Å². The van der Waals surface area contributed by atoms with Crippen molar-refractivity contribution < 1.29 is 4.74 Å². The van der Waals surface area contributed by atoms with E-state index in [1.165, 1.54) is 11.1 Å². The lowest BCUT2D eigenvalue weighted by Gasteiger charge is -2.17. The topological polar surface area (TPSA) is 38.5 Å². The molecule has 1 aromatic rings. The molecule has 0 spiro atoms. The van der Waals surface area contributed by atoms with E-state index in [1.807, 2.05) is 0 Å². The highest BCUT2D eigenvalue weighted by Crippen LogP contribution is 2.06. The maximum absolute atomic E-state index is 5.69. The van der Waals surface area contributed by atoms with Gasteiger partial charge in [-0.3, -0.25) is 0 Å². The summed E-state index contributed by atoms with van der Waals surface area (Å²) in [6.07, 6.45) is 0.948. The van der Waals surface area contributed by atoms with Crippen molar-refractivity contribution in [3.8, 4) is 0 Å². The van der Waals surface area contributed by atoms with Crippen LogP contribution < -0.4 is 5.73 Å². The molecule has 0 heterocycles. The Balaban J connectivity index is 2.22. The van der Waals surface area contributed by atoms with Crippen molar-refractivity contribution in [1.29, 1.82) is 0 Å². The number of nitrogens with two attached hydrogens (primary N) is 1. The number of likely N-dealkylation sites (N-methyl/N-ethyl adjacent to an activating group) is 1. The molecule has 0 unspecified atom stereocenters. The van der Waals surface area contributed by atoms with Crippen LogP contribution in [0.25, 0.3) is 0 Å². The van der Waals surface area contributed by atoms with Gasteiger partial charge in [-0.1, -0.05) is 38.1 Å². The number of hydrogen-bond acceptors (Lipinski definition) is 3. The maximum Gasteiger partial charge on any atom is 0.0717 e. The van der Waals surface area contributed by atoms with Gasteiger partial charge in [-0.2, -0.15) is 0 Å². The summed E-state index contributed by atoms with van der Waals surface area (Å²) in [7, 11) is 0. The average Bonchev–Trinajstić information content (AvgIpc) is 2.41. The molecule has 0 bridgehead atoms. The van der Waals surface area contributed by atoms with Gasteiger partial charge in [-0.25, -0.2) is 0 Å². The highest BCUT2D eigenvalue weighted by atomic mass is 16.5. The number of hydrogen-bond donors (Lipinski definition) is 1. The summed E-state index contributed by atoms with van der Waals surface area (Å²) >= 11 is 0. The van der Waals surface area contributed by atoms with Gasteiger partial charge in [0.05, 0.1) is 13.2 Å². The van der Waals surface area contributed by atoms with Crippen LogP contribution in [0, 0.1) is 0 Å². The van der Waals surface area contributed by atoms with E-state index in [-0.39, 0.29) is 0 Å². The van der Waals surface area contributed by atoms with Crippen molar-refractivity contribution in [2.24, 2.45) is 5.73 Å². The van der Waals surface area contributed by atoms with E-state index in [0.717, 1.165) is 32.7 Å². The molecule has 1 rings (SSSR count). The molecule has 0 saturated heterocycles. The SMILES string of the molecule is CCN(CC)CCOCc1ccc(CCN)cc1. The predicted octanol–water partition coefficient (Wildman–Crippen LogP) is 2.05. The second-order valence-electron chi connectivity index (χ2n) is 4.43. The third-order valence-corrected chi connectivity index (χ3v) is 3.17. The molecule has 3 nitrogen and oxygen atoms in total. The molecular formula is C15H26N2O. The summed E-state index contributed by atoms with van der Waals surface area (Å²) < 4.78 is 5.69. The van der Waals surface area contributed by atoms with E-state index >= 15 is 0 Å². The number of rotatable bonds is 9. The van der Waals surface area contributed by atoms with Crippen molar-refractivity contribution in [2.75, 3.05) is 32.8 Å². The second-order valence-corrected chi connectivity index (χ2v) is 4.43. The van der Waals surface area contributed by atoms with E-state index in [1.54, 1.807) is 0 Å². The summed E-state index contributed by atoms with van der Waals surface area (Å²) in [5.41, 5.74) is 8.05. The fourth-order valence-electron chi connectivity index (χ4n) is 1.89. The number of ether oxygens (including phenoxy) is 1. The lowest BCUT2D eigenvalue weighted by molar-refractivity contribution is 0.0956. The highest BCUT2D eigenvalue weighted by molar-refractivity contribution is 5.22. The molecule has 0 fully saturated rings. The van der Waals surface area contributed by atoms with Crippen molar-refractivity contribution >= 4 is 0 Å². The van der Waals surface area contributed by atoms with E-state index in [0.29, 0.717) is 13.2 Å². The second kappa shape index (κ2) is 9.09. The van der Waals surface area contributed by atoms with E-state index in [9.17, 15) is 0 Å². The molecule has 0 radical (unpaired) electrons. The molecule has 102 valence electrons. The minimum absolute atomic E-state index is 0.699. The third-order valence-electron chi connectivity index (χ3n) is 3.17. The Labute approximate surface area is 111 Å². The Morgan fingerprint density at radius 2 is 1.67 bits per heavy atom. The van der Waals surface area contributed by atoms with Crippen LogP contribution in [0.1, 0.15) is 25.0 Å². The van der Waals surface area contributed by atoms with Gasteiger partial charge in [0.25, 0.3) is 0 Å². The van der Waals surface area contributed by atoms with Gasteiger partial charge in [0.15, 0.2) is 0 Å². The number of benzene rings is 1. The van der Waals surface area contributed by atoms with Crippen LogP contribution in [0.5, 0.6) is 0 Å². The van der Waals surface area contributed by atoms with Crippen molar-refractivity contribution in [2.45, 2.75) is 26.9 Å². The van der Waals surface area contributed by atoms with Crippen molar-refractivity contribution in [3.63, 3.8) is 0 Å². The molecule has 0 aliphatic carbocycles. The Kier molecular flexibility index (Phi) is 7.65. The molecular weight excluding hydrogens is 224 g/mol. The predicted molar refractivity (Wildman–Crippen MR) is 76.6 cm³/mol. The van der Waals surface area contributed by atoms with Crippen LogP contribution in [-0.4, -0.2) is 37.7 Å². The first kappa shape index (κ1) is 15.2. The van der Waals surface area contributed by atoms with Crippen LogP contribution >= 0.6 is 0 Å². The Bertz CT molecular complexity index is 307. The Hall–Kier alpha value is -0.900. The lowest BCUT2D eigenvalue weighted by atomic mass is 10.1. The lowest BCUT2D eigenvalue weighted by Crippen LogP contribution is -2.26. The van der Waals surface area contributed by atoms with Crippen molar-refractivity contribution in [1.82, 2.24) is 4.90 Å². The standard InChI is InChI=1S/C15H26N2O/c1-3-17(4-2)11-12-18-13-15-7-5-14(6-8-15)9-10-16/h5-8H,3-4,9-13,16H2,1-2H3. The Morgan fingerprint density at radius 3 is 2.22 bits per heavy atom. The smallest absolute Gasteiger partial charge is 0.0717 e. The van der Waals surface area contributed by atoms with Crippen LogP contribution in [0.4, 0.5) is 0 Å². The fraction of sp³-hybridized carbons (Fsp3) is 0.600. The average molecular weight is 250 g/mol. The largest absolute Gasteiger partial charge is 0.375 e. The van der Waals surface area contributed by atoms with Gasteiger partial charge in [-0.05, 0) is 37.2 Å². The summed E-state index contributed by atoms with van der Waals surface area (Å²) in [5.74, 6) is 0. The quantitative estimate of drug-likeness (QED) is 0.682. The van der Waals surface area contributed by atoms with Gasteiger partial charge in [0.2, 0.25) is 0 Å². The Morgan fingerprint density at radius 1 is 1.06 bits per heavy atom. The molecule has 0 atom stereocenters. The zero-order chi connectivity index (χ0) is 13.2. The molecule has 3 heteroatoms. The summed E-state index contributed by atoms with van der Waals surface area (Å²) in [6.45, 7) is 9.76. The van der Waals surface area contributed by atoms with Crippen molar-refractivity contribution in [3.05, 3.63) is 35.4 Å². The zero-order valence-electron chi connectivity index (χ0n) is 11.7. The van der Waals surface area contributed by atoms with Gasteiger partial charge >= 0.3 is 0 Å². The minimum atomic E-state index is 0.699. The van der Waals surface area contributed by atoms with E-state index < -0.39 is 0 Å². The summed E-state index contributed by atoms with van der Waals surface area (Å²) in [5, 5.41) is 0. The van der Waals surface area contributed by atoms with Crippen LogP contribution in [0.2, 0.25) is 0 Å². The molecule has 1 aromatic carbocycles. The van der Waals surface area contributed by atoms with Gasteiger partial charge in [-0.15, -0.1) is 0 Å². The van der Waals surface area contributed by atoms with Crippen LogP contribution in [-0.2, 0) is 17.8 Å². The summed E-state index contributed by atoms with van der Waals surface area (Å²) in [6, 6.07) is 8.52. The minimum Gasteiger partial charge on any atom is -0.375 e. The highest BCUT2D eigenvalue weighted by Gasteiger charge is 1.99. The molecule has 0 aliphatic rings. The zero-order valence-corrected chi connectivity index (χ0v) is 11.7. The van der Waals surface area contributed by atoms with E-state index in [4.69, 9.17) is 10.5 Å². The molecule has 0 saturated carbocycles. The maximum atomic E-state index is 5.69. The molecule has 0 aromatic heterocycles. The fourth-order valence-corrected chi connectivity index (χ4v) is 1.89. The van der Waals surface area contributed by atoms with Crippen LogP contribution in [0.15, 0.2) is 24.3 Å². The van der Waals surface area contributed by atoms with Gasteiger partial charge in [0, 0.05) is 6.54 Å².